The Morgan fingerprint density at radius 3 is 2.24 bits per heavy atom. The minimum Gasteiger partial charge on any atom is -0.494 e. The molecule has 158 valence electrons. The van der Waals surface area contributed by atoms with E-state index in [-0.39, 0.29) is 16.8 Å². The lowest BCUT2D eigenvalue weighted by Gasteiger charge is -2.20. The van der Waals surface area contributed by atoms with Crippen molar-refractivity contribution in [2.45, 2.75) is 45.6 Å². The molecule has 2 aromatic carbocycles. The molecule has 0 aliphatic heterocycles. The van der Waals surface area contributed by atoms with Crippen LogP contribution in [0.2, 0.25) is 0 Å². The second-order valence-electron chi connectivity index (χ2n) is 6.76. The molecule has 1 atom stereocenters. The van der Waals surface area contributed by atoms with Gasteiger partial charge in [0.05, 0.1) is 17.5 Å². The van der Waals surface area contributed by atoms with Crippen LogP contribution < -0.4 is 10.1 Å². The van der Waals surface area contributed by atoms with Crippen molar-refractivity contribution in [2.24, 2.45) is 0 Å². The van der Waals surface area contributed by atoms with E-state index in [1.54, 1.807) is 32.9 Å². The zero-order valence-electron chi connectivity index (χ0n) is 17.7. The van der Waals surface area contributed by atoms with Crippen molar-refractivity contribution in [3.63, 3.8) is 0 Å². The number of nitrogens with zero attached hydrogens (tertiary/aromatic N) is 1. The van der Waals surface area contributed by atoms with Crippen molar-refractivity contribution in [3.05, 3.63) is 59.2 Å². The maximum atomic E-state index is 12.9. The van der Waals surface area contributed by atoms with E-state index in [1.807, 2.05) is 38.1 Å². The summed E-state index contributed by atoms with van der Waals surface area (Å²) in [6.07, 6.45) is 0. The Balaban J connectivity index is 2.24. The predicted octanol–water partition coefficient (Wildman–Crippen LogP) is 3.92. The molecular formula is C22H30N2O4S. The minimum absolute atomic E-state index is 0.130. The smallest absolute Gasteiger partial charge is 0.252 e. The number of amides is 1. The van der Waals surface area contributed by atoms with Crippen molar-refractivity contribution in [3.8, 4) is 5.75 Å². The fourth-order valence-corrected chi connectivity index (χ4v) is 4.58. The van der Waals surface area contributed by atoms with Crippen LogP contribution in [-0.4, -0.2) is 38.3 Å². The maximum absolute atomic E-state index is 12.9. The van der Waals surface area contributed by atoms with Crippen molar-refractivity contribution < 1.29 is 17.9 Å². The molecule has 0 heterocycles. The Morgan fingerprint density at radius 1 is 1.07 bits per heavy atom. The first-order chi connectivity index (χ1) is 13.7. The van der Waals surface area contributed by atoms with Crippen LogP contribution in [0, 0.1) is 6.92 Å². The number of benzene rings is 2. The van der Waals surface area contributed by atoms with E-state index in [9.17, 15) is 13.2 Å². The topological polar surface area (TPSA) is 75.7 Å². The zero-order chi connectivity index (χ0) is 21.6. The highest BCUT2D eigenvalue weighted by molar-refractivity contribution is 7.89. The van der Waals surface area contributed by atoms with Crippen molar-refractivity contribution >= 4 is 15.9 Å². The summed E-state index contributed by atoms with van der Waals surface area (Å²) in [6, 6.07) is 12.0. The zero-order valence-corrected chi connectivity index (χ0v) is 18.5. The van der Waals surface area contributed by atoms with Crippen molar-refractivity contribution in [2.75, 3.05) is 19.7 Å². The van der Waals surface area contributed by atoms with Gasteiger partial charge in [0.15, 0.2) is 0 Å². The average Bonchev–Trinajstić information content (AvgIpc) is 2.69. The first kappa shape index (κ1) is 22.9. The van der Waals surface area contributed by atoms with Gasteiger partial charge in [-0.25, -0.2) is 8.42 Å². The van der Waals surface area contributed by atoms with Crippen LogP contribution >= 0.6 is 0 Å². The summed E-state index contributed by atoms with van der Waals surface area (Å²) in [5.74, 6) is 0.473. The van der Waals surface area contributed by atoms with Gasteiger partial charge in [-0.2, -0.15) is 4.31 Å². The third-order valence-electron chi connectivity index (χ3n) is 4.84. The highest BCUT2D eigenvalue weighted by Gasteiger charge is 2.24. The van der Waals surface area contributed by atoms with Crippen LogP contribution in [0.25, 0.3) is 0 Å². The summed E-state index contributed by atoms with van der Waals surface area (Å²) in [5, 5.41) is 2.95. The first-order valence-electron chi connectivity index (χ1n) is 9.88. The number of hydrogen-bond donors (Lipinski definition) is 1. The Labute approximate surface area is 173 Å². The first-order valence-corrected chi connectivity index (χ1v) is 11.3. The molecule has 0 saturated carbocycles. The molecule has 2 rings (SSSR count). The highest BCUT2D eigenvalue weighted by atomic mass is 32.2. The van der Waals surface area contributed by atoms with Crippen molar-refractivity contribution in [1.82, 2.24) is 9.62 Å². The number of aryl methyl sites for hydroxylation is 1. The molecule has 1 N–H and O–H groups in total. The maximum Gasteiger partial charge on any atom is 0.252 e. The average molecular weight is 419 g/mol. The standard InChI is InChI=1S/C22H30N2O4S/c1-6-24(7-2)29(26,27)20-14-9-16(4)21(15-20)22(25)23-17(5)18-10-12-19(13-11-18)28-8-3/h9-15,17H,6-8H2,1-5H3,(H,23,25). The lowest BCUT2D eigenvalue weighted by atomic mass is 10.1. The van der Waals surface area contributed by atoms with Crippen LogP contribution in [0.3, 0.4) is 0 Å². The van der Waals surface area contributed by atoms with Crippen molar-refractivity contribution in [1.29, 1.82) is 0 Å². The second-order valence-corrected chi connectivity index (χ2v) is 8.70. The van der Waals surface area contributed by atoms with Crippen LogP contribution in [0.15, 0.2) is 47.4 Å². The lowest BCUT2D eigenvalue weighted by molar-refractivity contribution is 0.0939. The predicted molar refractivity (Wildman–Crippen MR) is 115 cm³/mol. The molecule has 0 spiro atoms. The molecule has 0 aliphatic carbocycles. The summed E-state index contributed by atoms with van der Waals surface area (Å²) in [6.45, 7) is 10.5. The molecule has 0 aliphatic rings. The van der Waals surface area contributed by atoms with E-state index in [1.165, 1.54) is 10.4 Å². The van der Waals surface area contributed by atoms with E-state index >= 15 is 0 Å². The fraction of sp³-hybridized carbons (Fsp3) is 0.409. The van der Waals surface area contributed by atoms with Gasteiger partial charge in [0.1, 0.15) is 5.75 Å². The Morgan fingerprint density at radius 2 is 1.69 bits per heavy atom. The molecule has 0 radical (unpaired) electrons. The van der Waals surface area contributed by atoms with E-state index < -0.39 is 10.0 Å². The number of carbonyl (C=O) groups excluding carboxylic acids is 1. The van der Waals surface area contributed by atoms with Gasteiger partial charge >= 0.3 is 0 Å². The second kappa shape index (κ2) is 9.89. The molecule has 1 amide bonds. The third kappa shape index (κ3) is 5.36. The van der Waals surface area contributed by atoms with E-state index in [0.29, 0.717) is 25.3 Å². The SMILES string of the molecule is CCOc1ccc(C(C)NC(=O)c2cc(S(=O)(=O)N(CC)CC)ccc2C)cc1. The van der Waals surface area contributed by atoms with Gasteiger partial charge in [-0.1, -0.05) is 32.0 Å². The van der Waals surface area contributed by atoms with Gasteiger partial charge in [0, 0.05) is 18.7 Å². The van der Waals surface area contributed by atoms with Gasteiger partial charge in [-0.15, -0.1) is 0 Å². The van der Waals surface area contributed by atoms with Crippen LogP contribution in [-0.2, 0) is 10.0 Å². The molecule has 0 aromatic heterocycles. The molecule has 0 saturated heterocycles. The highest BCUT2D eigenvalue weighted by Crippen LogP contribution is 2.22. The number of rotatable bonds is 9. The number of hydrogen-bond acceptors (Lipinski definition) is 4. The van der Waals surface area contributed by atoms with Gasteiger partial charge in [-0.3, -0.25) is 4.79 Å². The number of nitrogens with one attached hydrogen (secondary N) is 1. The molecule has 29 heavy (non-hydrogen) atoms. The molecule has 7 heteroatoms. The summed E-state index contributed by atoms with van der Waals surface area (Å²) >= 11 is 0. The molecule has 6 nitrogen and oxygen atoms in total. The summed E-state index contributed by atoms with van der Waals surface area (Å²) in [4.78, 5) is 13.0. The van der Waals surface area contributed by atoms with Gasteiger partial charge in [-0.05, 0) is 56.2 Å². The molecule has 2 aromatic rings. The van der Waals surface area contributed by atoms with Gasteiger partial charge in [0.25, 0.3) is 5.91 Å². The largest absolute Gasteiger partial charge is 0.494 e. The molecule has 1 unspecified atom stereocenters. The van der Waals surface area contributed by atoms with Gasteiger partial charge in [0.2, 0.25) is 10.0 Å². The number of sulfonamides is 1. The Hall–Kier alpha value is -2.38. The van der Waals surface area contributed by atoms with E-state index in [4.69, 9.17) is 4.74 Å². The minimum atomic E-state index is -3.63. The number of ether oxygens (including phenoxy) is 1. The Kier molecular flexibility index (Phi) is 7.81. The number of carbonyl (C=O) groups is 1. The molecule has 0 fully saturated rings. The van der Waals surface area contributed by atoms with E-state index in [2.05, 4.69) is 5.32 Å². The summed E-state index contributed by atoms with van der Waals surface area (Å²) < 4.78 is 32.4. The van der Waals surface area contributed by atoms with Gasteiger partial charge < -0.3 is 10.1 Å². The normalized spacial score (nSPS) is 12.6. The Bertz CT molecular complexity index is 936. The van der Waals surface area contributed by atoms with Crippen LogP contribution in [0.4, 0.5) is 0 Å². The fourth-order valence-electron chi connectivity index (χ4n) is 3.10. The summed E-state index contributed by atoms with van der Waals surface area (Å²) in [7, 11) is -3.63. The third-order valence-corrected chi connectivity index (χ3v) is 6.88. The van der Waals surface area contributed by atoms with E-state index in [0.717, 1.165) is 16.9 Å². The van der Waals surface area contributed by atoms with Crippen LogP contribution in [0.1, 0.15) is 55.2 Å². The monoisotopic (exact) mass is 418 g/mol. The quantitative estimate of drug-likeness (QED) is 0.670. The molecular weight excluding hydrogens is 388 g/mol. The summed E-state index contributed by atoms with van der Waals surface area (Å²) in [5.41, 5.74) is 2.02. The lowest BCUT2D eigenvalue weighted by Crippen LogP contribution is -2.31. The van der Waals surface area contributed by atoms with Crippen LogP contribution in [0.5, 0.6) is 5.75 Å². The molecule has 0 bridgehead atoms.